The van der Waals surface area contributed by atoms with Gasteiger partial charge in [0.2, 0.25) is 0 Å². The highest BCUT2D eigenvalue weighted by atomic mass is 79.9. The van der Waals surface area contributed by atoms with Gasteiger partial charge in [-0.15, -0.1) is 11.3 Å². The topological polar surface area (TPSA) is 43.8 Å². The predicted molar refractivity (Wildman–Crippen MR) is 72.0 cm³/mol. The van der Waals surface area contributed by atoms with Crippen molar-refractivity contribution in [3.8, 4) is 0 Å². The first kappa shape index (κ1) is 11.7. The summed E-state index contributed by atoms with van der Waals surface area (Å²) in [5.41, 5.74) is 8.19. The number of nitrogens with two attached hydrogens (primary N) is 1. The maximum absolute atomic E-state index is 5.97. The maximum atomic E-state index is 5.97. The van der Waals surface area contributed by atoms with Gasteiger partial charge in [-0.25, -0.2) is 4.68 Å². The summed E-state index contributed by atoms with van der Waals surface area (Å²) in [6.07, 6.45) is 0. The van der Waals surface area contributed by atoms with Crippen LogP contribution in [0.3, 0.4) is 0 Å². The lowest BCUT2D eigenvalue weighted by Gasteiger charge is -2.03. The molecule has 0 aliphatic carbocycles. The number of rotatable bonds is 2. The van der Waals surface area contributed by atoms with E-state index in [1.807, 2.05) is 22.9 Å². The van der Waals surface area contributed by atoms with Crippen molar-refractivity contribution in [1.82, 2.24) is 9.78 Å². The molecule has 2 aromatic heterocycles. The Hall–Kier alpha value is -0.810. The summed E-state index contributed by atoms with van der Waals surface area (Å²) in [5.74, 6) is 0.695. The van der Waals surface area contributed by atoms with Gasteiger partial charge in [0, 0.05) is 9.75 Å². The fraction of sp³-hybridized carbons (Fsp3) is 0.364. The van der Waals surface area contributed by atoms with Crippen LogP contribution in [0.4, 0.5) is 5.82 Å². The molecule has 2 heterocycles. The molecule has 3 nitrogen and oxygen atoms in total. The minimum absolute atomic E-state index is 0.695. The predicted octanol–water partition coefficient (Wildman–Crippen LogP) is 3.26. The normalized spacial score (nSPS) is 11.0. The van der Waals surface area contributed by atoms with Gasteiger partial charge in [-0.05, 0) is 48.3 Å². The second kappa shape index (κ2) is 4.22. The Morgan fingerprint density at radius 3 is 2.56 bits per heavy atom. The van der Waals surface area contributed by atoms with E-state index in [1.165, 1.54) is 15.3 Å². The summed E-state index contributed by atoms with van der Waals surface area (Å²) in [4.78, 5) is 2.66. The molecule has 2 N–H and O–H groups in total. The first-order valence-electron chi connectivity index (χ1n) is 5.03. The van der Waals surface area contributed by atoms with Crippen molar-refractivity contribution in [1.29, 1.82) is 0 Å². The van der Waals surface area contributed by atoms with Crippen LogP contribution in [-0.4, -0.2) is 9.78 Å². The third kappa shape index (κ3) is 2.01. The van der Waals surface area contributed by atoms with Crippen LogP contribution in [0, 0.1) is 20.8 Å². The summed E-state index contributed by atoms with van der Waals surface area (Å²) in [5, 5.41) is 4.40. The van der Waals surface area contributed by atoms with Crippen molar-refractivity contribution < 1.29 is 0 Å². The minimum atomic E-state index is 0.695. The summed E-state index contributed by atoms with van der Waals surface area (Å²) in [6.45, 7) is 6.94. The van der Waals surface area contributed by atoms with Gasteiger partial charge in [-0.2, -0.15) is 5.10 Å². The second-order valence-corrected chi connectivity index (χ2v) is 6.13. The number of anilines is 1. The maximum Gasteiger partial charge on any atom is 0.136 e. The molecule has 5 heteroatoms. The van der Waals surface area contributed by atoms with Gasteiger partial charge >= 0.3 is 0 Å². The van der Waals surface area contributed by atoms with E-state index >= 15 is 0 Å². The van der Waals surface area contributed by atoms with Crippen LogP contribution in [-0.2, 0) is 6.54 Å². The van der Waals surface area contributed by atoms with Crippen molar-refractivity contribution >= 4 is 33.1 Å². The fourth-order valence-corrected chi connectivity index (χ4v) is 2.92. The number of nitrogen functional groups attached to an aromatic ring is 1. The van der Waals surface area contributed by atoms with E-state index in [0.29, 0.717) is 5.82 Å². The van der Waals surface area contributed by atoms with E-state index in [4.69, 9.17) is 5.73 Å². The van der Waals surface area contributed by atoms with Crippen LogP contribution in [0.25, 0.3) is 0 Å². The molecule has 2 rings (SSSR count). The molecular formula is C11H14BrN3S. The lowest BCUT2D eigenvalue weighted by molar-refractivity contribution is 0.688. The van der Waals surface area contributed by atoms with Crippen molar-refractivity contribution in [3.63, 3.8) is 0 Å². The molecule has 0 amide bonds. The third-order valence-electron chi connectivity index (χ3n) is 2.56. The summed E-state index contributed by atoms with van der Waals surface area (Å²) < 4.78 is 2.74. The molecule has 86 valence electrons. The number of aromatic nitrogens is 2. The zero-order valence-electron chi connectivity index (χ0n) is 9.54. The van der Waals surface area contributed by atoms with E-state index < -0.39 is 0 Å². The van der Waals surface area contributed by atoms with Crippen molar-refractivity contribution in [2.45, 2.75) is 27.3 Å². The molecule has 0 aromatic carbocycles. The number of nitrogens with zero attached hydrogens (tertiary/aromatic N) is 2. The fourth-order valence-electron chi connectivity index (χ4n) is 1.70. The number of aryl methyl sites for hydroxylation is 3. The summed E-state index contributed by atoms with van der Waals surface area (Å²) in [6, 6.07) is 2.20. The van der Waals surface area contributed by atoms with E-state index in [-0.39, 0.29) is 0 Å². The number of halogens is 1. The molecule has 2 aromatic rings. The number of thiophene rings is 1. The second-order valence-electron chi connectivity index (χ2n) is 3.88. The molecule has 0 atom stereocenters. The van der Waals surface area contributed by atoms with E-state index in [9.17, 15) is 0 Å². The lowest BCUT2D eigenvalue weighted by Crippen LogP contribution is -2.06. The highest BCUT2D eigenvalue weighted by Crippen LogP contribution is 2.26. The largest absolute Gasteiger partial charge is 0.383 e. The quantitative estimate of drug-likeness (QED) is 0.925. The number of hydrogen-bond acceptors (Lipinski definition) is 3. The Balaban J connectivity index is 2.34. The molecule has 0 saturated carbocycles. The summed E-state index contributed by atoms with van der Waals surface area (Å²) in [7, 11) is 0. The molecule has 0 aliphatic rings. The van der Waals surface area contributed by atoms with Gasteiger partial charge in [-0.3, -0.25) is 0 Å². The van der Waals surface area contributed by atoms with Crippen molar-refractivity contribution in [2.75, 3.05) is 5.73 Å². The first-order chi connectivity index (χ1) is 7.49. The zero-order chi connectivity index (χ0) is 11.9. The van der Waals surface area contributed by atoms with Crippen LogP contribution in [0.1, 0.15) is 21.0 Å². The average Bonchev–Trinajstić information content (AvgIpc) is 2.64. The molecular weight excluding hydrogens is 286 g/mol. The Labute approximate surface area is 107 Å². The van der Waals surface area contributed by atoms with Gasteiger partial charge in [0.1, 0.15) is 5.82 Å². The molecule has 0 fully saturated rings. The lowest BCUT2D eigenvalue weighted by atomic mass is 10.2. The zero-order valence-corrected chi connectivity index (χ0v) is 11.9. The third-order valence-corrected chi connectivity index (χ3v) is 4.54. The standard InChI is InChI=1S/C11H14BrN3S/c1-6-4-9(8(3)16-6)5-15-11(13)10(12)7(2)14-15/h4H,5,13H2,1-3H3. The summed E-state index contributed by atoms with van der Waals surface area (Å²) >= 11 is 5.24. The Morgan fingerprint density at radius 2 is 2.12 bits per heavy atom. The van der Waals surface area contributed by atoms with Gasteiger partial charge in [0.15, 0.2) is 0 Å². The molecule has 0 spiro atoms. The van der Waals surface area contributed by atoms with Crippen LogP contribution in [0.2, 0.25) is 0 Å². The van der Waals surface area contributed by atoms with Crippen LogP contribution in [0.15, 0.2) is 10.5 Å². The number of hydrogen-bond donors (Lipinski definition) is 1. The molecule has 0 bridgehead atoms. The Morgan fingerprint density at radius 1 is 1.44 bits per heavy atom. The SMILES string of the molecule is Cc1cc(Cn2nc(C)c(Br)c2N)c(C)s1. The molecule has 16 heavy (non-hydrogen) atoms. The first-order valence-corrected chi connectivity index (χ1v) is 6.64. The van der Waals surface area contributed by atoms with Crippen molar-refractivity contribution in [3.05, 3.63) is 31.6 Å². The van der Waals surface area contributed by atoms with Crippen LogP contribution in [0.5, 0.6) is 0 Å². The highest BCUT2D eigenvalue weighted by molar-refractivity contribution is 9.10. The van der Waals surface area contributed by atoms with E-state index in [0.717, 1.165) is 16.7 Å². The highest BCUT2D eigenvalue weighted by Gasteiger charge is 2.11. The molecule has 0 radical (unpaired) electrons. The van der Waals surface area contributed by atoms with Gasteiger partial charge in [0.25, 0.3) is 0 Å². The molecule has 0 aliphatic heterocycles. The minimum Gasteiger partial charge on any atom is -0.383 e. The van der Waals surface area contributed by atoms with Gasteiger partial charge < -0.3 is 5.73 Å². The Kier molecular flexibility index (Phi) is 3.08. The smallest absolute Gasteiger partial charge is 0.136 e. The van der Waals surface area contributed by atoms with Crippen LogP contribution < -0.4 is 5.73 Å². The monoisotopic (exact) mass is 299 g/mol. The molecule has 0 saturated heterocycles. The Bertz CT molecular complexity index is 528. The van der Waals surface area contributed by atoms with Crippen LogP contribution >= 0.6 is 27.3 Å². The average molecular weight is 300 g/mol. The van der Waals surface area contributed by atoms with Gasteiger partial charge in [0.05, 0.1) is 16.7 Å². The van der Waals surface area contributed by atoms with Gasteiger partial charge in [-0.1, -0.05) is 0 Å². The molecule has 0 unspecified atom stereocenters. The van der Waals surface area contributed by atoms with E-state index in [2.05, 4.69) is 40.9 Å². The van der Waals surface area contributed by atoms with Crippen molar-refractivity contribution in [2.24, 2.45) is 0 Å². The van der Waals surface area contributed by atoms with E-state index in [1.54, 1.807) is 0 Å².